The van der Waals surface area contributed by atoms with Gasteiger partial charge in [0.2, 0.25) is 0 Å². The number of carboxylic acids is 1. The Morgan fingerprint density at radius 3 is 2.45 bits per heavy atom. The molecule has 0 aliphatic carbocycles. The minimum Gasteiger partial charge on any atom is -0.507 e. The van der Waals surface area contributed by atoms with Gasteiger partial charge in [0.05, 0.1) is 20.3 Å². The summed E-state index contributed by atoms with van der Waals surface area (Å²) in [6.45, 7) is 0. The van der Waals surface area contributed by atoms with Crippen LogP contribution >= 0.6 is 11.8 Å². The number of benzene rings is 2. The topological polar surface area (TPSA) is 101 Å². The fourth-order valence-electron chi connectivity index (χ4n) is 1.54. The highest BCUT2D eigenvalue weighted by Gasteiger charge is 2.18. The monoisotopic (exact) mass is 291 g/mol. The van der Waals surface area contributed by atoms with Crippen LogP contribution in [0.25, 0.3) is 0 Å². The van der Waals surface area contributed by atoms with Crippen LogP contribution in [-0.2, 0) is 0 Å². The average molecular weight is 291 g/mol. The summed E-state index contributed by atoms with van der Waals surface area (Å²) in [5, 5.41) is 29.5. The van der Waals surface area contributed by atoms with Gasteiger partial charge >= 0.3 is 5.97 Å². The van der Waals surface area contributed by atoms with Gasteiger partial charge in [-0.2, -0.15) is 0 Å². The summed E-state index contributed by atoms with van der Waals surface area (Å²) in [7, 11) is 0. The molecule has 2 N–H and O–H groups in total. The summed E-state index contributed by atoms with van der Waals surface area (Å²) >= 11 is 1.00. The van der Waals surface area contributed by atoms with Gasteiger partial charge in [-0.05, 0) is 24.3 Å². The van der Waals surface area contributed by atoms with Gasteiger partial charge in [-0.15, -0.1) is 0 Å². The van der Waals surface area contributed by atoms with Gasteiger partial charge in [0.25, 0.3) is 5.69 Å². The van der Waals surface area contributed by atoms with Crippen molar-refractivity contribution in [1.29, 1.82) is 0 Å². The van der Waals surface area contributed by atoms with E-state index in [1.807, 2.05) is 0 Å². The molecule has 0 atom stereocenters. The van der Waals surface area contributed by atoms with E-state index in [0.717, 1.165) is 17.8 Å². The molecule has 20 heavy (non-hydrogen) atoms. The molecule has 2 aromatic carbocycles. The zero-order chi connectivity index (χ0) is 14.7. The molecule has 2 rings (SSSR count). The Morgan fingerprint density at radius 1 is 1.15 bits per heavy atom. The van der Waals surface area contributed by atoms with E-state index >= 15 is 0 Å². The van der Waals surface area contributed by atoms with Crippen LogP contribution in [0.1, 0.15) is 10.4 Å². The van der Waals surface area contributed by atoms with E-state index in [1.54, 1.807) is 18.2 Å². The van der Waals surface area contributed by atoms with Crippen molar-refractivity contribution in [2.45, 2.75) is 9.79 Å². The number of hydrogen-bond acceptors (Lipinski definition) is 5. The van der Waals surface area contributed by atoms with Gasteiger partial charge in [0.15, 0.2) is 0 Å². The fourth-order valence-corrected chi connectivity index (χ4v) is 2.47. The molecule has 0 saturated heterocycles. The normalized spacial score (nSPS) is 10.2. The number of carbonyl (C=O) groups is 1. The Labute approximate surface area is 117 Å². The maximum absolute atomic E-state index is 11.0. The number of nitro benzene ring substituents is 1. The van der Waals surface area contributed by atoms with E-state index in [1.165, 1.54) is 18.2 Å². The van der Waals surface area contributed by atoms with Crippen molar-refractivity contribution in [2.75, 3.05) is 0 Å². The minimum absolute atomic E-state index is 0.00843. The standard InChI is InChI=1S/C13H9NO5S/c15-10-3-1-2-4-12(10)20-11-6-5-8(13(16)17)7-9(11)14(18)19/h1-7,15H,(H,16,17). The number of carboxylic acid groups (broad SMARTS) is 1. The molecule has 0 aromatic heterocycles. The first kappa shape index (κ1) is 13.9. The second-order valence-electron chi connectivity index (χ2n) is 3.81. The molecule has 0 unspecified atom stereocenters. The number of aromatic carboxylic acids is 1. The molecule has 0 radical (unpaired) electrons. The molecule has 0 heterocycles. The van der Waals surface area contributed by atoms with Crippen molar-refractivity contribution in [1.82, 2.24) is 0 Å². The molecular weight excluding hydrogens is 282 g/mol. The van der Waals surface area contributed by atoms with Crippen LogP contribution in [0.2, 0.25) is 0 Å². The predicted octanol–water partition coefficient (Wildman–Crippen LogP) is 3.15. The largest absolute Gasteiger partial charge is 0.507 e. The number of para-hydroxylation sites is 1. The van der Waals surface area contributed by atoms with E-state index in [9.17, 15) is 20.0 Å². The SMILES string of the molecule is O=C(O)c1ccc(Sc2ccccc2O)c([N+](=O)[O-])c1. The van der Waals surface area contributed by atoms with Crippen molar-refractivity contribution >= 4 is 23.4 Å². The Morgan fingerprint density at radius 2 is 1.85 bits per heavy atom. The van der Waals surface area contributed by atoms with Crippen molar-refractivity contribution in [2.24, 2.45) is 0 Å². The average Bonchev–Trinajstić information content (AvgIpc) is 2.41. The number of hydrogen-bond donors (Lipinski definition) is 2. The van der Waals surface area contributed by atoms with Crippen LogP contribution in [0.15, 0.2) is 52.3 Å². The second-order valence-corrected chi connectivity index (χ2v) is 4.90. The van der Waals surface area contributed by atoms with E-state index < -0.39 is 10.9 Å². The fraction of sp³-hybridized carbons (Fsp3) is 0. The van der Waals surface area contributed by atoms with Crippen LogP contribution < -0.4 is 0 Å². The van der Waals surface area contributed by atoms with Crippen LogP contribution in [0, 0.1) is 10.1 Å². The van der Waals surface area contributed by atoms with Gasteiger partial charge in [0, 0.05) is 6.07 Å². The maximum atomic E-state index is 11.0. The molecule has 0 aliphatic rings. The van der Waals surface area contributed by atoms with Gasteiger partial charge in [-0.1, -0.05) is 23.9 Å². The minimum atomic E-state index is -1.23. The molecule has 2 aromatic rings. The van der Waals surface area contributed by atoms with Crippen LogP contribution in [0.5, 0.6) is 5.75 Å². The molecule has 102 valence electrons. The highest BCUT2D eigenvalue weighted by Crippen LogP contribution is 2.39. The van der Waals surface area contributed by atoms with Crippen LogP contribution in [-0.4, -0.2) is 21.1 Å². The Kier molecular flexibility index (Phi) is 3.90. The highest BCUT2D eigenvalue weighted by atomic mass is 32.2. The lowest BCUT2D eigenvalue weighted by molar-refractivity contribution is -0.387. The third-order valence-corrected chi connectivity index (χ3v) is 3.62. The highest BCUT2D eigenvalue weighted by molar-refractivity contribution is 7.99. The van der Waals surface area contributed by atoms with Gasteiger partial charge in [-0.25, -0.2) is 4.79 Å². The van der Waals surface area contributed by atoms with E-state index in [0.29, 0.717) is 4.90 Å². The van der Waals surface area contributed by atoms with E-state index in [4.69, 9.17) is 5.11 Å². The van der Waals surface area contributed by atoms with Crippen LogP contribution in [0.3, 0.4) is 0 Å². The zero-order valence-corrected chi connectivity index (χ0v) is 10.8. The van der Waals surface area contributed by atoms with E-state index in [-0.39, 0.29) is 21.9 Å². The summed E-state index contributed by atoms with van der Waals surface area (Å²) in [6.07, 6.45) is 0. The molecule has 0 fully saturated rings. The number of nitro groups is 1. The van der Waals surface area contributed by atoms with E-state index in [2.05, 4.69) is 0 Å². The third kappa shape index (κ3) is 2.89. The summed E-state index contributed by atoms with van der Waals surface area (Å²) in [4.78, 5) is 21.9. The number of nitrogens with zero attached hydrogens (tertiary/aromatic N) is 1. The lowest BCUT2D eigenvalue weighted by Gasteiger charge is -2.05. The third-order valence-electron chi connectivity index (χ3n) is 2.49. The van der Waals surface area contributed by atoms with Crippen molar-refractivity contribution in [3.8, 4) is 5.75 Å². The predicted molar refractivity (Wildman–Crippen MR) is 72.3 cm³/mol. The molecule has 7 heteroatoms. The summed E-state index contributed by atoms with van der Waals surface area (Å²) < 4.78 is 0. The molecule has 0 spiro atoms. The molecule has 0 amide bonds. The van der Waals surface area contributed by atoms with Gasteiger partial charge in [0.1, 0.15) is 5.75 Å². The maximum Gasteiger partial charge on any atom is 0.335 e. The quantitative estimate of drug-likeness (QED) is 0.663. The first-order valence-corrected chi connectivity index (χ1v) is 6.28. The summed E-state index contributed by atoms with van der Waals surface area (Å²) in [5.74, 6) is -1.22. The lowest BCUT2D eigenvalue weighted by atomic mass is 10.2. The molecule has 6 nitrogen and oxygen atoms in total. The summed E-state index contributed by atoms with van der Waals surface area (Å²) in [5.41, 5.74) is -0.462. The van der Waals surface area contributed by atoms with Crippen LogP contribution in [0.4, 0.5) is 5.69 Å². The number of aromatic hydroxyl groups is 1. The Bertz CT molecular complexity index is 686. The molecular formula is C13H9NO5S. The lowest BCUT2D eigenvalue weighted by Crippen LogP contribution is -1.99. The Balaban J connectivity index is 2.44. The van der Waals surface area contributed by atoms with Gasteiger partial charge in [-0.3, -0.25) is 10.1 Å². The smallest absolute Gasteiger partial charge is 0.335 e. The molecule has 0 saturated carbocycles. The number of phenolic OH excluding ortho intramolecular Hbond substituents is 1. The Hall–Kier alpha value is -2.54. The first-order chi connectivity index (χ1) is 9.49. The summed E-state index contributed by atoms with van der Waals surface area (Å²) in [6, 6.07) is 10.1. The number of phenols is 1. The second kappa shape index (κ2) is 5.62. The van der Waals surface area contributed by atoms with Crippen molar-refractivity contribution in [3.05, 3.63) is 58.1 Å². The molecule has 0 bridgehead atoms. The zero-order valence-electron chi connectivity index (χ0n) is 10.0. The van der Waals surface area contributed by atoms with Gasteiger partial charge < -0.3 is 10.2 Å². The molecule has 0 aliphatic heterocycles. The first-order valence-electron chi connectivity index (χ1n) is 5.46. The van der Waals surface area contributed by atoms with Crippen molar-refractivity contribution in [3.63, 3.8) is 0 Å². The van der Waals surface area contributed by atoms with Crippen molar-refractivity contribution < 1.29 is 19.9 Å². The number of rotatable bonds is 4.